The van der Waals surface area contributed by atoms with Crippen molar-refractivity contribution in [2.24, 2.45) is 5.73 Å². The molecule has 4 heteroatoms. The largest absolute Gasteiger partial charge is 0.340 e. The topological polar surface area (TPSA) is 46.3 Å². The van der Waals surface area contributed by atoms with Crippen LogP contribution >= 0.6 is 12.4 Å². The maximum absolute atomic E-state index is 12.4. The summed E-state index contributed by atoms with van der Waals surface area (Å²) in [6.45, 7) is 3.06. The number of carbonyl (C=O) groups excluding carboxylic acids is 1. The summed E-state index contributed by atoms with van der Waals surface area (Å²) >= 11 is 0. The van der Waals surface area contributed by atoms with Crippen molar-refractivity contribution in [1.29, 1.82) is 0 Å². The average molecular weight is 297 g/mol. The van der Waals surface area contributed by atoms with Gasteiger partial charge >= 0.3 is 0 Å². The zero-order valence-corrected chi connectivity index (χ0v) is 12.9. The second kappa shape index (κ2) is 8.28. The normalized spacial score (nSPS) is 20.1. The van der Waals surface area contributed by atoms with E-state index in [0.29, 0.717) is 12.5 Å². The quantitative estimate of drug-likeness (QED) is 0.927. The van der Waals surface area contributed by atoms with Crippen LogP contribution in [0.15, 0.2) is 30.3 Å². The number of carbonyl (C=O) groups is 1. The van der Waals surface area contributed by atoms with Crippen LogP contribution in [0, 0.1) is 0 Å². The van der Waals surface area contributed by atoms with Crippen LogP contribution in [0.3, 0.4) is 0 Å². The van der Waals surface area contributed by atoms with Gasteiger partial charge in [0.2, 0.25) is 5.91 Å². The van der Waals surface area contributed by atoms with Gasteiger partial charge in [0.05, 0.1) is 0 Å². The molecule has 1 aliphatic heterocycles. The monoisotopic (exact) mass is 296 g/mol. The van der Waals surface area contributed by atoms with E-state index in [0.717, 1.165) is 31.4 Å². The number of piperidine rings is 1. The van der Waals surface area contributed by atoms with Crippen LogP contribution in [0.2, 0.25) is 0 Å². The third-order valence-electron chi connectivity index (χ3n) is 4.04. The predicted molar refractivity (Wildman–Crippen MR) is 84.9 cm³/mol. The SMILES string of the molecule is CCC1CCCCN1C(=O)CC(N)c1ccccc1.Cl. The first-order chi connectivity index (χ1) is 9.22. The molecule has 1 aliphatic rings. The first-order valence-electron chi connectivity index (χ1n) is 7.32. The molecule has 0 aromatic heterocycles. The molecule has 0 saturated carbocycles. The first-order valence-corrected chi connectivity index (χ1v) is 7.32. The number of halogens is 1. The first kappa shape index (κ1) is 17.0. The fourth-order valence-corrected chi connectivity index (χ4v) is 2.88. The number of amides is 1. The van der Waals surface area contributed by atoms with Crippen molar-refractivity contribution in [3.63, 3.8) is 0 Å². The van der Waals surface area contributed by atoms with E-state index in [1.54, 1.807) is 0 Å². The molecule has 1 saturated heterocycles. The Morgan fingerprint density at radius 1 is 1.35 bits per heavy atom. The smallest absolute Gasteiger partial charge is 0.224 e. The summed E-state index contributed by atoms with van der Waals surface area (Å²) in [6.07, 6.45) is 4.98. The minimum Gasteiger partial charge on any atom is -0.340 e. The third-order valence-corrected chi connectivity index (χ3v) is 4.04. The van der Waals surface area contributed by atoms with Crippen molar-refractivity contribution in [3.8, 4) is 0 Å². The Kier molecular flexibility index (Phi) is 7.03. The highest BCUT2D eigenvalue weighted by Gasteiger charge is 2.26. The number of benzene rings is 1. The molecular formula is C16H25ClN2O. The highest BCUT2D eigenvalue weighted by molar-refractivity contribution is 5.85. The van der Waals surface area contributed by atoms with Crippen molar-refractivity contribution >= 4 is 18.3 Å². The third kappa shape index (κ3) is 4.22. The van der Waals surface area contributed by atoms with Gasteiger partial charge in [-0.3, -0.25) is 4.79 Å². The molecule has 2 atom stereocenters. The lowest BCUT2D eigenvalue weighted by Gasteiger charge is -2.36. The molecule has 112 valence electrons. The molecule has 2 rings (SSSR count). The van der Waals surface area contributed by atoms with E-state index in [9.17, 15) is 4.79 Å². The van der Waals surface area contributed by atoms with Gasteiger partial charge in [0, 0.05) is 25.0 Å². The fraction of sp³-hybridized carbons (Fsp3) is 0.562. The van der Waals surface area contributed by atoms with Gasteiger partial charge < -0.3 is 10.6 Å². The molecule has 3 nitrogen and oxygen atoms in total. The number of rotatable bonds is 4. The Labute approximate surface area is 127 Å². The number of likely N-dealkylation sites (tertiary alicyclic amines) is 1. The van der Waals surface area contributed by atoms with E-state index < -0.39 is 0 Å². The van der Waals surface area contributed by atoms with Crippen LogP contribution in [0.1, 0.15) is 50.6 Å². The summed E-state index contributed by atoms with van der Waals surface area (Å²) in [6, 6.07) is 10.1. The Balaban J connectivity index is 0.00000200. The summed E-state index contributed by atoms with van der Waals surface area (Å²) in [5.41, 5.74) is 7.18. The van der Waals surface area contributed by atoms with Crippen molar-refractivity contribution in [3.05, 3.63) is 35.9 Å². The molecule has 0 spiro atoms. The molecular weight excluding hydrogens is 272 g/mol. The van der Waals surface area contributed by atoms with Crippen molar-refractivity contribution in [2.45, 2.75) is 51.1 Å². The van der Waals surface area contributed by atoms with Crippen LogP contribution in [0.25, 0.3) is 0 Å². The van der Waals surface area contributed by atoms with E-state index in [4.69, 9.17) is 5.73 Å². The molecule has 1 heterocycles. The lowest BCUT2D eigenvalue weighted by molar-refractivity contribution is -0.135. The van der Waals surface area contributed by atoms with E-state index in [1.165, 1.54) is 6.42 Å². The number of nitrogens with zero attached hydrogens (tertiary/aromatic N) is 1. The van der Waals surface area contributed by atoms with Gasteiger partial charge in [-0.05, 0) is 31.2 Å². The van der Waals surface area contributed by atoms with Crippen LogP contribution in [-0.4, -0.2) is 23.4 Å². The van der Waals surface area contributed by atoms with Gasteiger partial charge in [-0.15, -0.1) is 12.4 Å². The highest BCUT2D eigenvalue weighted by atomic mass is 35.5. The summed E-state index contributed by atoms with van der Waals surface area (Å²) in [5.74, 6) is 0.211. The van der Waals surface area contributed by atoms with E-state index in [2.05, 4.69) is 6.92 Å². The zero-order chi connectivity index (χ0) is 13.7. The number of hydrogen-bond acceptors (Lipinski definition) is 2. The summed E-state index contributed by atoms with van der Waals surface area (Å²) < 4.78 is 0. The van der Waals surface area contributed by atoms with Gasteiger partial charge in [-0.2, -0.15) is 0 Å². The summed E-state index contributed by atoms with van der Waals surface area (Å²) in [4.78, 5) is 14.4. The molecule has 0 bridgehead atoms. The fourth-order valence-electron chi connectivity index (χ4n) is 2.88. The van der Waals surface area contributed by atoms with E-state index >= 15 is 0 Å². The molecule has 1 aromatic rings. The average Bonchev–Trinajstić information content (AvgIpc) is 2.48. The van der Waals surface area contributed by atoms with Crippen LogP contribution < -0.4 is 5.73 Å². The molecule has 2 unspecified atom stereocenters. The van der Waals surface area contributed by atoms with Crippen molar-refractivity contribution < 1.29 is 4.79 Å². The van der Waals surface area contributed by atoms with Gasteiger partial charge in [0.15, 0.2) is 0 Å². The lowest BCUT2D eigenvalue weighted by atomic mass is 9.98. The zero-order valence-electron chi connectivity index (χ0n) is 12.1. The van der Waals surface area contributed by atoms with Crippen molar-refractivity contribution in [2.75, 3.05) is 6.54 Å². The van der Waals surface area contributed by atoms with Crippen molar-refractivity contribution in [1.82, 2.24) is 4.90 Å². The molecule has 1 amide bonds. The standard InChI is InChI=1S/C16H24N2O.ClH/c1-2-14-10-6-7-11-18(14)16(19)12-15(17)13-8-4-3-5-9-13;/h3-5,8-9,14-15H,2,6-7,10-12,17H2,1H3;1H. The Hall–Kier alpha value is -1.06. The predicted octanol–water partition coefficient (Wildman–Crippen LogP) is 3.29. The Morgan fingerprint density at radius 2 is 2.05 bits per heavy atom. The molecule has 20 heavy (non-hydrogen) atoms. The maximum Gasteiger partial charge on any atom is 0.224 e. The van der Waals surface area contributed by atoms with Gasteiger partial charge in [-0.25, -0.2) is 0 Å². The van der Waals surface area contributed by atoms with Gasteiger partial charge in [-0.1, -0.05) is 37.3 Å². The maximum atomic E-state index is 12.4. The minimum atomic E-state index is -0.187. The van der Waals surface area contributed by atoms with Gasteiger partial charge in [0.1, 0.15) is 0 Å². The number of hydrogen-bond donors (Lipinski definition) is 1. The van der Waals surface area contributed by atoms with Crippen LogP contribution in [-0.2, 0) is 4.79 Å². The second-order valence-corrected chi connectivity index (χ2v) is 5.37. The molecule has 0 radical (unpaired) electrons. The highest BCUT2D eigenvalue weighted by Crippen LogP contribution is 2.22. The minimum absolute atomic E-state index is 0. The molecule has 1 aromatic carbocycles. The molecule has 2 N–H and O–H groups in total. The van der Waals surface area contributed by atoms with Gasteiger partial charge in [0.25, 0.3) is 0 Å². The lowest BCUT2D eigenvalue weighted by Crippen LogP contribution is -2.44. The van der Waals surface area contributed by atoms with E-state index in [1.807, 2.05) is 35.2 Å². The summed E-state index contributed by atoms with van der Waals surface area (Å²) in [5, 5.41) is 0. The second-order valence-electron chi connectivity index (χ2n) is 5.37. The Morgan fingerprint density at radius 3 is 2.70 bits per heavy atom. The Bertz CT molecular complexity index is 410. The number of nitrogens with two attached hydrogens (primary N) is 1. The van der Waals surface area contributed by atoms with E-state index in [-0.39, 0.29) is 24.4 Å². The summed E-state index contributed by atoms with van der Waals surface area (Å²) in [7, 11) is 0. The van der Waals surface area contributed by atoms with Crippen LogP contribution in [0.5, 0.6) is 0 Å². The molecule has 0 aliphatic carbocycles. The van der Waals surface area contributed by atoms with Crippen LogP contribution in [0.4, 0.5) is 0 Å². The molecule has 1 fully saturated rings.